The second-order valence-corrected chi connectivity index (χ2v) is 8.15. The summed E-state index contributed by atoms with van der Waals surface area (Å²) in [5.41, 5.74) is 5.87. The molecule has 0 saturated carbocycles. The minimum atomic E-state index is -0.108. The van der Waals surface area contributed by atoms with Gasteiger partial charge in [-0.15, -0.1) is 0 Å². The molecule has 3 nitrogen and oxygen atoms in total. The third-order valence-electron chi connectivity index (χ3n) is 5.61. The molecule has 1 atom stereocenters. The highest BCUT2D eigenvalue weighted by molar-refractivity contribution is 6.10. The predicted molar refractivity (Wildman–Crippen MR) is 108 cm³/mol. The highest BCUT2D eigenvalue weighted by atomic mass is 16.5. The van der Waals surface area contributed by atoms with E-state index in [-0.39, 0.29) is 5.60 Å². The second kappa shape index (κ2) is 6.08. The Labute approximate surface area is 154 Å². The first-order chi connectivity index (χ1) is 12.4. The quantitative estimate of drug-likeness (QED) is 0.556. The summed E-state index contributed by atoms with van der Waals surface area (Å²) < 4.78 is 6.51. The molecular weight excluding hydrogens is 322 g/mol. The van der Waals surface area contributed by atoms with Crippen LogP contribution in [0.15, 0.2) is 35.9 Å². The molecule has 2 aromatic carbocycles. The first-order valence-electron chi connectivity index (χ1n) is 9.45. The first kappa shape index (κ1) is 17.0. The molecule has 1 aliphatic heterocycles. The number of phenolic OH excluding ortho intramolecular Hbond substituents is 1. The summed E-state index contributed by atoms with van der Waals surface area (Å²) in [4.78, 5) is 3.52. The number of aromatic hydroxyl groups is 1. The lowest BCUT2D eigenvalue weighted by Crippen LogP contribution is -2.36. The summed E-state index contributed by atoms with van der Waals surface area (Å²) in [7, 11) is 0. The molecule has 0 amide bonds. The summed E-state index contributed by atoms with van der Waals surface area (Å²) in [6, 6.07) is 7.74. The molecular formula is C23H27NO2. The molecule has 1 aliphatic rings. The van der Waals surface area contributed by atoms with Crippen molar-refractivity contribution in [2.24, 2.45) is 0 Å². The number of phenols is 1. The summed E-state index contributed by atoms with van der Waals surface area (Å²) in [5, 5.41) is 12.2. The van der Waals surface area contributed by atoms with Gasteiger partial charge in [-0.05, 0) is 77.1 Å². The molecule has 0 spiro atoms. The number of fused-ring (bicyclic) bond motifs is 5. The van der Waals surface area contributed by atoms with Gasteiger partial charge in [0.25, 0.3) is 0 Å². The lowest BCUT2D eigenvalue weighted by molar-refractivity contribution is 0.0576. The minimum Gasteiger partial charge on any atom is -0.508 e. The Kier molecular flexibility index (Phi) is 3.98. The van der Waals surface area contributed by atoms with Gasteiger partial charge in [0.05, 0.1) is 11.0 Å². The van der Waals surface area contributed by atoms with Crippen molar-refractivity contribution in [2.75, 3.05) is 0 Å². The largest absolute Gasteiger partial charge is 0.508 e. The van der Waals surface area contributed by atoms with Gasteiger partial charge in [-0.3, -0.25) is 0 Å². The normalized spacial score (nSPS) is 19.4. The molecule has 1 aromatic heterocycles. The van der Waals surface area contributed by atoms with E-state index in [9.17, 15) is 5.11 Å². The fraction of sp³-hybridized carbons (Fsp3) is 0.391. The van der Waals surface area contributed by atoms with E-state index in [2.05, 4.69) is 44.8 Å². The Morgan fingerprint density at radius 2 is 2.12 bits per heavy atom. The van der Waals surface area contributed by atoms with E-state index in [4.69, 9.17) is 4.74 Å². The van der Waals surface area contributed by atoms with Crippen LogP contribution in [0.4, 0.5) is 0 Å². The average molecular weight is 349 g/mol. The molecule has 3 aromatic rings. The van der Waals surface area contributed by atoms with Crippen molar-refractivity contribution in [3.05, 3.63) is 47.0 Å². The van der Waals surface area contributed by atoms with Crippen molar-refractivity contribution < 1.29 is 9.84 Å². The van der Waals surface area contributed by atoms with Crippen molar-refractivity contribution in [3.8, 4) is 11.5 Å². The maximum absolute atomic E-state index is 9.80. The minimum absolute atomic E-state index is 0.108. The van der Waals surface area contributed by atoms with Gasteiger partial charge in [0.2, 0.25) is 0 Å². The van der Waals surface area contributed by atoms with Gasteiger partial charge in [0.1, 0.15) is 17.1 Å². The number of hydrogen-bond donors (Lipinski definition) is 2. The van der Waals surface area contributed by atoms with E-state index in [1.807, 2.05) is 6.07 Å². The van der Waals surface area contributed by atoms with Crippen LogP contribution in [0.2, 0.25) is 0 Å². The monoisotopic (exact) mass is 349 g/mol. The van der Waals surface area contributed by atoms with Crippen LogP contribution in [-0.4, -0.2) is 15.7 Å². The van der Waals surface area contributed by atoms with Gasteiger partial charge in [-0.1, -0.05) is 11.6 Å². The van der Waals surface area contributed by atoms with Gasteiger partial charge < -0.3 is 14.8 Å². The number of ether oxygens (including phenoxy) is 1. The third kappa shape index (κ3) is 2.86. The predicted octanol–water partition coefficient (Wildman–Crippen LogP) is 6.17. The zero-order valence-corrected chi connectivity index (χ0v) is 16.1. The Bertz CT molecular complexity index is 1020. The van der Waals surface area contributed by atoms with E-state index in [0.29, 0.717) is 5.75 Å². The van der Waals surface area contributed by atoms with E-state index in [1.54, 1.807) is 12.1 Å². The zero-order chi connectivity index (χ0) is 18.5. The van der Waals surface area contributed by atoms with Crippen LogP contribution >= 0.6 is 0 Å². The molecule has 2 N–H and O–H groups in total. The fourth-order valence-corrected chi connectivity index (χ4v) is 4.19. The van der Waals surface area contributed by atoms with Crippen LogP contribution in [0.25, 0.3) is 21.8 Å². The molecule has 0 bridgehead atoms. The average Bonchev–Trinajstić information content (AvgIpc) is 2.93. The number of aromatic nitrogens is 1. The second-order valence-electron chi connectivity index (χ2n) is 8.15. The number of nitrogens with one attached hydrogen (secondary N) is 1. The molecule has 4 rings (SSSR count). The van der Waals surface area contributed by atoms with Gasteiger partial charge in [0.15, 0.2) is 0 Å². The van der Waals surface area contributed by atoms with Gasteiger partial charge in [-0.25, -0.2) is 0 Å². The fourth-order valence-electron chi connectivity index (χ4n) is 4.19. The number of aromatic amines is 1. The van der Waals surface area contributed by atoms with Crippen LogP contribution < -0.4 is 4.74 Å². The van der Waals surface area contributed by atoms with E-state index >= 15 is 0 Å². The van der Waals surface area contributed by atoms with Crippen molar-refractivity contribution in [2.45, 2.75) is 59.0 Å². The summed E-state index contributed by atoms with van der Waals surface area (Å²) >= 11 is 0. The third-order valence-corrected chi connectivity index (χ3v) is 5.61. The molecule has 3 heteroatoms. The Hall–Kier alpha value is -2.42. The van der Waals surface area contributed by atoms with Crippen LogP contribution in [0, 0.1) is 6.92 Å². The summed E-state index contributed by atoms with van der Waals surface area (Å²) in [6.45, 7) is 8.67. The molecule has 26 heavy (non-hydrogen) atoms. The summed E-state index contributed by atoms with van der Waals surface area (Å²) in [6.07, 6.45) is 6.42. The molecule has 0 unspecified atom stereocenters. The lowest BCUT2D eigenvalue weighted by Gasteiger charge is -2.36. The highest BCUT2D eigenvalue weighted by Gasteiger charge is 2.32. The molecule has 2 heterocycles. The van der Waals surface area contributed by atoms with Crippen LogP contribution in [0.3, 0.4) is 0 Å². The molecule has 0 radical (unpaired) electrons. The van der Waals surface area contributed by atoms with Crippen LogP contribution in [0.5, 0.6) is 11.5 Å². The van der Waals surface area contributed by atoms with Gasteiger partial charge in [0, 0.05) is 22.4 Å². The number of rotatable bonds is 3. The molecule has 0 saturated heterocycles. The Morgan fingerprint density at radius 3 is 2.88 bits per heavy atom. The number of H-pyrrole nitrogens is 1. The van der Waals surface area contributed by atoms with E-state index in [0.717, 1.165) is 47.9 Å². The standard InChI is InChI=1S/C23H27NO2/c1-14(2)6-5-10-23(4)11-9-18-20(26-23)12-15(3)21-17-8-7-16(25)13-19(17)24-22(18)21/h6-8,12-13,24-25H,5,9-11H2,1-4H3/t23-/m1/s1. The van der Waals surface area contributed by atoms with Crippen molar-refractivity contribution >= 4 is 21.8 Å². The van der Waals surface area contributed by atoms with Crippen molar-refractivity contribution in [1.82, 2.24) is 4.98 Å². The van der Waals surface area contributed by atoms with Crippen molar-refractivity contribution in [3.63, 3.8) is 0 Å². The first-order valence-corrected chi connectivity index (χ1v) is 9.45. The molecule has 0 fully saturated rings. The van der Waals surface area contributed by atoms with Crippen LogP contribution in [-0.2, 0) is 6.42 Å². The Morgan fingerprint density at radius 1 is 1.31 bits per heavy atom. The maximum Gasteiger partial charge on any atom is 0.125 e. The van der Waals surface area contributed by atoms with Crippen molar-refractivity contribution in [1.29, 1.82) is 0 Å². The summed E-state index contributed by atoms with van der Waals surface area (Å²) in [5.74, 6) is 1.30. The van der Waals surface area contributed by atoms with E-state index < -0.39 is 0 Å². The molecule has 136 valence electrons. The maximum atomic E-state index is 9.80. The molecule has 0 aliphatic carbocycles. The number of hydrogen-bond acceptors (Lipinski definition) is 2. The number of aryl methyl sites for hydroxylation is 2. The zero-order valence-electron chi connectivity index (χ0n) is 16.1. The number of allylic oxidation sites excluding steroid dienone is 2. The topological polar surface area (TPSA) is 45.2 Å². The van der Waals surface area contributed by atoms with Gasteiger partial charge in [-0.2, -0.15) is 0 Å². The van der Waals surface area contributed by atoms with Crippen LogP contribution in [0.1, 0.15) is 51.2 Å². The lowest BCUT2D eigenvalue weighted by atomic mass is 9.87. The highest BCUT2D eigenvalue weighted by Crippen LogP contribution is 2.43. The Balaban J connectivity index is 1.76. The SMILES string of the molecule is CC(C)=CCC[C@]1(C)CCc2c(cc(C)c3c2[nH]c2cc(O)ccc23)O1. The van der Waals surface area contributed by atoms with E-state index in [1.165, 1.54) is 22.1 Å². The smallest absolute Gasteiger partial charge is 0.125 e. The van der Waals surface area contributed by atoms with Gasteiger partial charge >= 0.3 is 0 Å². The number of benzene rings is 2.